The van der Waals surface area contributed by atoms with Crippen LogP contribution in [0, 0.1) is 59.5 Å². The first-order chi connectivity index (χ1) is 13.1. The van der Waals surface area contributed by atoms with Crippen molar-refractivity contribution in [1.82, 2.24) is 0 Å². The van der Waals surface area contributed by atoms with Gasteiger partial charge in [0.1, 0.15) is 0 Å². The fourth-order valence-corrected chi connectivity index (χ4v) is 10.3. The molecule has 0 heterocycles. The molecule has 0 N–H and O–H groups in total. The topological polar surface area (TPSA) is 8.72 Å². The van der Waals surface area contributed by atoms with Crippen LogP contribution in [0.2, 0.25) is 0 Å². The Morgan fingerprint density at radius 3 is 1.00 bits per heavy atom. The van der Waals surface area contributed by atoms with E-state index < -0.39 is 0 Å². The van der Waals surface area contributed by atoms with Gasteiger partial charge in [-0.3, -0.25) is 0 Å². The second-order valence-corrected chi connectivity index (χ2v) is 12.1. The van der Waals surface area contributed by atoms with Gasteiger partial charge in [-0.1, -0.05) is 0 Å². The van der Waals surface area contributed by atoms with Crippen LogP contribution in [0.1, 0.15) is 83.5 Å². The maximum atomic E-state index is 8.12. The maximum Gasteiger partial charge on any atom is 0.236 e. The van der Waals surface area contributed by atoms with E-state index in [1.807, 2.05) is 0 Å². The summed E-state index contributed by atoms with van der Waals surface area (Å²) in [6.07, 6.45) is 17.5. The van der Waals surface area contributed by atoms with E-state index >= 15 is 0 Å². The molecule has 0 amide bonds. The number of hydrogen-bond acceptors (Lipinski definition) is 0. The standard InChI is InChI=1S/C25H34N2.2Pt/c1-26-22(24-10-16-3-17(11-24)5-18(4-16)12-24)9-23(27-2)25-13-19-6-20(14-25)8-21(7-19)15-25;;/h16-23H,3-15H2;;. The first-order valence-electron chi connectivity index (χ1n) is 11.8. The van der Waals surface area contributed by atoms with Gasteiger partial charge in [-0.15, -0.1) is 0 Å². The third-order valence-corrected chi connectivity index (χ3v) is 10.3. The summed E-state index contributed by atoms with van der Waals surface area (Å²) in [6.45, 7) is 16.2. The largest absolute Gasteiger partial charge is 0.313 e. The van der Waals surface area contributed by atoms with Gasteiger partial charge in [0, 0.05) is 53.0 Å². The Morgan fingerprint density at radius 1 is 0.552 bits per heavy atom. The number of nitrogens with zero attached hydrogens (tertiary/aromatic N) is 2. The van der Waals surface area contributed by atoms with Gasteiger partial charge in [-0.05, 0) is 113 Å². The summed E-state index contributed by atoms with van der Waals surface area (Å²) in [6, 6.07) is 0.274. The quantitative estimate of drug-likeness (QED) is 0.295. The molecule has 8 fully saturated rings. The molecule has 0 aromatic carbocycles. The van der Waals surface area contributed by atoms with Crippen LogP contribution >= 0.6 is 0 Å². The molecular formula is C25H34N2Pt2. The molecule has 0 spiro atoms. The molecule has 0 radical (unpaired) electrons. The molecule has 29 heavy (non-hydrogen) atoms. The van der Waals surface area contributed by atoms with Crippen molar-refractivity contribution in [2.75, 3.05) is 0 Å². The van der Waals surface area contributed by atoms with Gasteiger partial charge in [0.2, 0.25) is 12.1 Å². The van der Waals surface area contributed by atoms with Crippen LogP contribution in [-0.4, -0.2) is 12.1 Å². The second-order valence-electron chi connectivity index (χ2n) is 12.1. The third kappa shape index (κ3) is 3.56. The van der Waals surface area contributed by atoms with Crippen molar-refractivity contribution in [3.8, 4) is 0 Å². The first-order valence-corrected chi connectivity index (χ1v) is 11.8. The number of rotatable bonds is 4. The Bertz CT molecular complexity index is 587. The Kier molecular flexibility index (Phi) is 6.26. The summed E-state index contributed by atoms with van der Waals surface area (Å²) in [4.78, 5) is 8.60. The van der Waals surface area contributed by atoms with Gasteiger partial charge in [0.25, 0.3) is 0 Å². The summed E-state index contributed by atoms with van der Waals surface area (Å²) in [5, 5.41) is 0. The summed E-state index contributed by atoms with van der Waals surface area (Å²) in [7, 11) is 0. The van der Waals surface area contributed by atoms with E-state index in [0.717, 1.165) is 41.9 Å². The average molecular weight is 753 g/mol. The normalized spacial score (nSPS) is 50.0. The Balaban J connectivity index is 0.00000102. The predicted molar refractivity (Wildman–Crippen MR) is 107 cm³/mol. The molecule has 4 heteroatoms. The first kappa shape index (κ1) is 22.5. The fourth-order valence-electron chi connectivity index (χ4n) is 10.3. The van der Waals surface area contributed by atoms with Gasteiger partial charge in [0.15, 0.2) is 0 Å². The molecular weight excluding hydrogens is 718 g/mol. The van der Waals surface area contributed by atoms with Crippen molar-refractivity contribution in [2.24, 2.45) is 46.3 Å². The molecule has 2 unspecified atom stereocenters. The maximum absolute atomic E-state index is 8.12. The molecule has 8 aliphatic carbocycles. The Labute approximate surface area is 205 Å². The summed E-state index contributed by atoms with van der Waals surface area (Å²) >= 11 is 0. The van der Waals surface area contributed by atoms with E-state index in [4.69, 9.17) is 13.1 Å². The number of hydrogen-bond donors (Lipinski definition) is 0. The van der Waals surface area contributed by atoms with E-state index in [9.17, 15) is 0 Å². The van der Waals surface area contributed by atoms with E-state index in [0.29, 0.717) is 10.8 Å². The van der Waals surface area contributed by atoms with Crippen LogP contribution in [-0.2, 0) is 42.1 Å². The van der Waals surface area contributed by atoms with Crippen molar-refractivity contribution in [3.05, 3.63) is 22.8 Å². The Hall–Kier alpha value is 0.357. The minimum absolute atomic E-state index is 0. The zero-order valence-electron chi connectivity index (χ0n) is 17.3. The SMILES string of the molecule is [C-]#[N+]C(CC([N+]#[C-])C12CC3CC(CC(C3)C1)C2)C12CC3CC(CC(C3)C1)C2.[Pt].[Pt]. The van der Waals surface area contributed by atoms with Crippen molar-refractivity contribution >= 4 is 0 Å². The van der Waals surface area contributed by atoms with Crippen LogP contribution in [0.15, 0.2) is 0 Å². The molecule has 2 nitrogen and oxygen atoms in total. The summed E-state index contributed by atoms with van der Waals surface area (Å²) in [5.74, 6) is 5.45. The van der Waals surface area contributed by atoms with Gasteiger partial charge in [-0.25, -0.2) is 13.1 Å². The zero-order valence-corrected chi connectivity index (χ0v) is 21.9. The Morgan fingerprint density at radius 2 is 0.793 bits per heavy atom. The molecule has 2 atom stereocenters. The van der Waals surface area contributed by atoms with E-state index in [1.54, 1.807) is 0 Å². The van der Waals surface area contributed by atoms with E-state index in [2.05, 4.69) is 9.69 Å². The van der Waals surface area contributed by atoms with Gasteiger partial charge >= 0.3 is 0 Å². The van der Waals surface area contributed by atoms with Crippen LogP contribution in [0.3, 0.4) is 0 Å². The van der Waals surface area contributed by atoms with Crippen LogP contribution in [0.25, 0.3) is 9.69 Å². The van der Waals surface area contributed by atoms with Crippen molar-refractivity contribution in [1.29, 1.82) is 0 Å². The molecule has 8 aliphatic rings. The fraction of sp³-hybridized carbons (Fsp3) is 0.920. The molecule has 0 aromatic rings. The van der Waals surface area contributed by atoms with E-state index in [1.165, 1.54) is 77.0 Å². The van der Waals surface area contributed by atoms with E-state index in [-0.39, 0.29) is 54.2 Å². The molecule has 8 rings (SSSR count). The molecule has 0 saturated heterocycles. The van der Waals surface area contributed by atoms with Crippen molar-refractivity contribution in [2.45, 2.75) is 95.6 Å². The van der Waals surface area contributed by atoms with Crippen molar-refractivity contribution < 1.29 is 42.1 Å². The van der Waals surface area contributed by atoms with Crippen LogP contribution in [0.4, 0.5) is 0 Å². The van der Waals surface area contributed by atoms with Gasteiger partial charge in [-0.2, -0.15) is 0 Å². The molecule has 8 saturated carbocycles. The van der Waals surface area contributed by atoms with Crippen molar-refractivity contribution in [3.63, 3.8) is 0 Å². The monoisotopic (exact) mass is 752 g/mol. The molecule has 8 bridgehead atoms. The smallest absolute Gasteiger partial charge is 0.236 e. The second kappa shape index (κ2) is 8.05. The predicted octanol–water partition coefficient (Wildman–Crippen LogP) is 6.38. The van der Waals surface area contributed by atoms with Crippen LogP contribution < -0.4 is 0 Å². The third-order valence-electron chi connectivity index (χ3n) is 10.3. The molecule has 0 aromatic heterocycles. The minimum Gasteiger partial charge on any atom is -0.313 e. The van der Waals surface area contributed by atoms with Gasteiger partial charge in [0.05, 0.1) is 6.42 Å². The zero-order chi connectivity index (χ0) is 18.2. The molecule has 164 valence electrons. The summed E-state index contributed by atoms with van der Waals surface area (Å²) < 4.78 is 0. The minimum atomic E-state index is 0. The van der Waals surface area contributed by atoms with Gasteiger partial charge < -0.3 is 9.69 Å². The van der Waals surface area contributed by atoms with Crippen LogP contribution in [0.5, 0.6) is 0 Å². The molecule has 0 aliphatic heterocycles. The summed E-state index contributed by atoms with van der Waals surface area (Å²) in [5.41, 5.74) is 0.587. The average Bonchev–Trinajstić information content (AvgIpc) is 2.60.